The van der Waals surface area contributed by atoms with E-state index in [1.807, 2.05) is 0 Å². The first-order valence-electron chi connectivity index (χ1n) is 13.3. The molecule has 2 fully saturated rings. The van der Waals surface area contributed by atoms with Gasteiger partial charge in [0.05, 0.1) is 0 Å². The fourth-order valence-corrected chi connectivity index (χ4v) is 4.49. The molecule has 0 bridgehead atoms. The largest absolute Gasteiger partial charge is 0.463 e. The summed E-state index contributed by atoms with van der Waals surface area (Å²) < 4.78 is 53.9. The highest BCUT2D eigenvalue weighted by atomic mass is 16.8. The summed E-state index contributed by atoms with van der Waals surface area (Å²) in [6.07, 6.45) is -16.3. The topological polar surface area (TPSA) is 232 Å². The zero-order valence-electron chi connectivity index (χ0n) is 25.1. The average molecular weight is 637 g/mol. The Hall–Kier alpha value is -3.87. The van der Waals surface area contributed by atoms with Crippen LogP contribution < -0.4 is 0 Å². The molecule has 0 aliphatic carbocycles. The first-order chi connectivity index (χ1) is 20.5. The Morgan fingerprint density at radius 3 is 1.20 bits per heavy atom. The summed E-state index contributed by atoms with van der Waals surface area (Å²) in [6.45, 7) is 6.19. The van der Waals surface area contributed by atoms with Crippen molar-refractivity contribution in [1.82, 2.24) is 0 Å². The van der Waals surface area contributed by atoms with E-state index in [0.717, 1.165) is 48.5 Å². The Balaban J connectivity index is 2.59. The third-order valence-electron chi connectivity index (χ3n) is 5.90. The van der Waals surface area contributed by atoms with E-state index in [-0.39, 0.29) is 0 Å². The highest BCUT2D eigenvalue weighted by Crippen LogP contribution is 2.34. The van der Waals surface area contributed by atoms with Gasteiger partial charge in [0.1, 0.15) is 25.4 Å². The van der Waals surface area contributed by atoms with E-state index in [1.54, 1.807) is 0 Å². The molecular formula is C26H36O18. The van der Waals surface area contributed by atoms with E-state index in [4.69, 9.17) is 47.4 Å². The molecule has 248 valence electrons. The SMILES string of the molecule is CC(=O)OC[C@H]1O[C@@H](O)[C@H](O[C@@H]2O[C@H](COC(C)=O)[C@@H](OC(C)=O)[C@H](OC(C)=O)[C@H]2OC(C)=O)[C@@H](OC(C)=O)[C@@H]1OC(C)=O. The van der Waals surface area contributed by atoms with Crippen molar-refractivity contribution in [2.45, 2.75) is 110 Å². The number of hydrogen-bond acceptors (Lipinski definition) is 18. The number of ether oxygens (including phenoxy) is 10. The summed E-state index contributed by atoms with van der Waals surface area (Å²) in [5.41, 5.74) is 0. The first-order valence-corrected chi connectivity index (χ1v) is 13.3. The Morgan fingerprint density at radius 1 is 0.477 bits per heavy atom. The van der Waals surface area contributed by atoms with Crippen LogP contribution in [0.2, 0.25) is 0 Å². The lowest BCUT2D eigenvalue weighted by molar-refractivity contribution is -0.363. The predicted octanol–water partition coefficient (Wildman–Crippen LogP) is -1.40. The number of hydrogen-bond donors (Lipinski definition) is 1. The molecule has 0 aromatic rings. The smallest absolute Gasteiger partial charge is 0.303 e. The van der Waals surface area contributed by atoms with Crippen LogP contribution >= 0.6 is 0 Å². The highest BCUT2D eigenvalue weighted by molar-refractivity contribution is 5.69. The minimum Gasteiger partial charge on any atom is -0.463 e. The number of esters is 7. The van der Waals surface area contributed by atoms with Crippen molar-refractivity contribution >= 4 is 41.8 Å². The normalized spacial score (nSPS) is 31.5. The van der Waals surface area contributed by atoms with Gasteiger partial charge in [-0.05, 0) is 0 Å². The van der Waals surface area contributed by atoms with Crippen LogP contribution in [0.1, 0.15) is 48.5 Å². The molecule has 2 aliphatic rings. The third kappa shape index (κ3) is 10.7. The van der Waals surface area contributed by atoms with Crippen molar-refractivity contribution in [3.63, 3.8) is 0 Å². The van der Waals surface area contributed by atoms with Crippen LogP contribution in [0.4, 0.5) is 0 Å². The Morgan fingerprint density at radius 2 is 0.818 bits per heavy atom. The van der Waals surface area contributed by atoms with Gasteiger partial charge in [0.25, 0.3) is 0 Å². The van der Waals surface area contributed by atoms with E-state index in [2.05, 4.69) is 0 Å². The van der Waals surface area contributed by atoms with E-state index >= 15 is 0 Å². The van der Waals surface area contributed by atoms with Gasteiger partial charge in [-0.25, -0.2) is 0 Å². The maximum Gasteiger partial charge on any atom is 0.303 e. The molecule has 0 radical (unpaired) electrons. The fourth-order valence-electron chi connectivity index (χ4n) is 4.49. The summed E-state index contributed by atoms with van der Waals surface area (Å²) in [5.74, 6) is -5.97. The Kier molecular flexibility index (Phi) is 13.4. The van der Waals surface area contributed by atoms with Gasteiger partial charge < -0.3 is 52.5 Å². The van der Waals surface area contributed by atoms with Crippen LogP contribution in [-0.2, 0) is 80.9 Å². The van der Waals surface area contributed by atoms with Gasteiger partial charge in [0, 0.05) is 48.5 Å². The van der Waals surface area contributed by atoms with Crippen molar-refractivity contribution in [2.24, 2.45) is 0 Å². The van der Waals surface area contributed by atoms with Crippen LogP contribution in [0.15, 0.2) is 0 Å². The molecule has 0 saturated carbocycles. The van der Waals surface area contributed by atoms with Gasteiger partial charge in [-0.1, -0.05) is 0 Å². The lowest BCUT2D eigenvalue weighted by Crippen LogP contribution is -2.67. The van der Waals surface area contributed by atoms with E-state index in [9.17, 15) is 38.7 Å². The molecule has 0 unspecified atom stereocenters. The summed E-state index contributed by atoms with van der Waals surface area (Å²) in [7, 11) is 0. The van der Waals surface area contributed by atoms with Crippen LogP contribution in [0, 0.1) is 0 Å². The number of aliphatic hydroxyl groups is 1. The molecular weight excluding hydrogens is 600 g/mol. The molecule has 18 heteroatoms. The molecule has 18 nitrogen and oxygen atoms in total. The number of carbonyl (C=O) groups excluding carboxylic acids is 7. The Labute approximate surface area is 251 Å². The monoisotopic (exact) mass is 636 g/mol. The zero-order valence-corrected chi connectivity index (χ0v) is 25.1. The predicted molar refractivity (Wildman–Crippen MR) is 135 cm³/mol. The molecule has 0 amide bonds. The molecule has 1 N–H and O–H groups in total. The number of carbonyl (C=O) groups is 7. The minimum atomic E-state index is -1.99. The lowest BCUT2D eigenvalue weighted by atomic mass is 9.96. The molecule has 0 aromatic carbocycles. The van der Waals surface area contributed by atoms with Crippen molar-refractivity contribution in [2.75, 3.05) is 13.2 Å². The first kappa shape index (κ1) is 36.3. The van der Waals surface area contributed by atoms with E-state index < -0.39 is 116 Å². The standard InChI is InChI=1S/C26H36O18/c1-10(27)35-8-17-19(37-12(3)29)21(39-14(5)31)23(25(34)42-17)44-26-24(41-16(7)33)22(40-15(6)32)20(38-13(4)30)18(43-26)9-36-11(2)28/h17-26,34H,8-9H2,1-7H3/t17-,18-,19-,20-,21+,22+,23-,24-,25-,26+/m1/s1. The highest BCUT2D eigenvalue weighted by Gasteiger charge is 2.57. The van der Waals surface area contributed by atoms with Gasteiger partial charge in [0.2, 0.25) is 0 Å². The Bertz CT molecular complexity index is 1090. The van der Waals surface area contributed by atoms with Gasteiger partial charge in [0.15, 0.2) is 49.2 Å². The maximum atomic E-state index is 12.1. The summed E-state index contributed by atoms with van der Waals surface area (Å²) in [5, 5.41) is 11.0. The van der Waals surface area contributed by atoms with Crippen molar-refractivity contribution in [3.8, 4) is 0 Å². The molecule has 2 rings (SSSR count). The van der Waals surface area contributed by atoms with Crippen molar-refractivity contribution < 1.29 is 86.0 Å². The van der Waals surface area contributed by atoms with Crippen LogP contribution in [0.5, 0.6) is 0 Å². The average Bonchev–Trinajstić information content (AvgIpc) is 2.87. The van der Waals surface area contributed by atoms with Crippen LogP contribution in [0.3, 0.4) is 0 Å². The second-order valence-electron chi connectivity index (χ2n) is 9.68. The zero-order chi connectivity index (χ0) is 33.3. The second-order valence-corrected chi connectivity index (χ2v) is 9.68. The van der Waals surface area contributed by atoms with Crippen molar-refractivity contribution in [1.29, 1.82) is 0 Å². The summed E-state index contributed by atoms with van der Waals surface area (Å²) in [4.78, 5) is 83.3. The van der Waals surface area contributed by atoms with Crippen LogP contribution in [-0.4, -0.2) is 122 Å². The fraction of sp³-hybridized carbons (Fsp3) is 0.731. The lowest BCUT2D eigenvalue weighted by Gasteiger charge is -2.47. The van der Waals surface area contributed by atoms with E-state index in [1.165, 1.54) is 0 Å². The molecule has 10 atom stereocenters. The maximum absolute atomic E-state index is 12.1. The molecule has 44 heavy (non-hydrogen) atoms. The molecule has 2 heterocycles. The molecule has 0 aromatic heterocycles. The molecule has 2 saturated heterocycles. The second kappa shape index (κ2) is 16.3. The molecule has 0 spiro atoms. The number of rotatable bonds is 11. The third-order valence-corrected chi connectivity index (χ3v) is 5.90. The van der Waals surface area contributed by atoms with E-state index in [0.29, 0.717) is 0 Å². The van der Waals surface area contributed by atoms with Gasteiger partial charge in [-0.15, -0.1) is 0 Å². The summed E-state index contributed by atoms with van der Waals surface area (Å²) >= 11 is 0. The van der Waals surface area contributed by atoms with Gasteiger partial charge >= 0.3 is 41.8 Å². The van der Waals surface area contributed by atoms with Crippen molar-refractivity contribution in [3.05, 3.63) is 0 Å². The van der Waals surface area contributed by atoms with Gasteiger partial charge in [-0.3, -0.25) is 33.6 Å². The summed E-state index contributed by atoms with van der Waals surface area (Å²) in [6, 6.07) is 0. The minimum absolute atomic E-state index is 0.534. The quantitative estimate of drug-likeness (QED) is 0.203. The number of aliphatic hydroxyl groups excluding tert-OH is 1. The van der Waals surface area contributed by atoms with Gasteiger partial charge in [-0.2, -0.15) is 0 Å². The molecule has 2 aliphatic heterocycles. The van der Waals surface area contributed by atoms with Crippen LogP contribution in [0.25, 0.3) is 0 Å².